The van der Waals surface area contributed by atoms with E-state index in [2.05, 4.69) is 19.0 Å². The Bertz CT molecular complexity index is 962. The number of oxime groups is 1. The Balaban J connectivity index is 0.000000436. The molecular weight excluding hydrogens is 492 g/mol. The van der Waals surface area contributed by atoms with E-state index in [1.165, 1.54) is 6.92 Å². The van der Waals surface area contributed by atoms with Gasteiger partial charge in [0.15, 0.2) is 0 Å². The van der Waals surface area contributed by atoms with Crippen molar-refractivity contribution in [3.63, 3.8) is 0 Å². The Morgan fingerprint density at radius 2 is 1.74 bits per heavy atom. The molecule has 4 aliphatic rings. The molecule has 0 bridgehead atoms. The van der Waals surface area contributed by atoms with E-state index in [4.69, 9.17) is 25.5 Å². The molecule has 4 aliphatic carbocycles. The second-order valence-corrected chi connectivity index (χ2v) is 11.7. The number of nitrogens with zero attached hydrogens (tertiary/aromatic N) is 1. The van der Waals surface area contributed by atoms with E-state index in [0.29, 0.717) is 67.3 Å². The molecule has 212 valence electrons. The van der Waals surface area contributed by atoms with Crippen molar-refractivity contribution in [2.75, 3.05) is 19.8 Å². The van der Waals surface area contributed by atoms with Gasteiger partial charge in [-0.2, -0.15) is 0 Å². The predicted molar refractivity (Wildman–Crippen MR) is 139 cm³/mol. The first-order valence-corrected chi connectivity index (χ1v) is 13.6. The number of carboxylic acid groups (broad SMARTS) is 2. The molecule has 0 aromatic heterocycles. The molecule has 4 fully saturated rings. The molecule has 10 heteroatoms. The molecule has 0 aliphatic heterocycles. The van der Waals surface area contributed by atoms with E-state index in [1.54, 1.807) is 0 Å². The summed E-state index contributed by atoms with van der Waals surface area (Å²) in [7, 11) is 0. The van der Waals surface area contributed by atoms with Gasteiger partial charge < -0.3 is 25.5 Å². The highest BCUT2D eigenvalue weighted by Gasteiger charge is 2.62. The number of rotatable bonds is 7. The molecule has 4 saturated carbocycles. The van der Waals surface area contributed by atoms with Crippen LogP contribution in [-0.2, 0) is 28.8 Å². The first-order chi connectivity index (χ1) is 17.9. The molecule has 0 aromatic rings. The number of hydrogen-bond donors (Lipinski definition) is 3. The van der Waals surface area contributed by atoms with Gasteiger partial charge in [-0.1, -0.05) is 19.0 Å². The fourth-order valence-electron chi connectivity index (χ4n) is 7.90. The van der Waals surface area contributed by atoms with E-state index in [-0.39, 0.29) is 16.8 Å². The van der Waals surface area contributed by atoms with Crippen LogP contribution >= 0.6 is 0 Å². The zero-order valence-electron chi connectivity index (χ0n) is 22.7. The van der Waals surface area contributed by atoms with Crippen LogP contribution in [-0.4, -0.2) is 59.4 Å². The minimum Gasteiger partial charge on any atom is -0.478 e. The summed E-state index contributed by atoms with van der Waals surface area (Å²) in [6, 6.07) is 0. The molecule has 0 spiro atoms. The highest BCUT2D eigenvalue weighted by Crippen LogP contribution is 2.66. The SMILES string of the molecule is CC(=O)OC[C@H]1C[C@@H]2[C@H](CC[C@]3(C)C(=O)CC[C@@H]23)[C@@]2(C)CC/C(=N/OCCN)CC12.O=C(O)/C=C/C(=O)O. The number of nitrogens with two attached hydrogens (primary N) is 1. The Morgan fingerprint density at radius 1 is 1.05 bits per heavy atom. The summed E-state index contributed by atoms with van der Waals surface area (Å²) < 4.78 is 5.55. The van der Waals surface area contributed by atoms with Gasteiger partial charge >= 0.3 is 17.9 Å². The molecule has 4 N–H and O–H groups in total. The maximum atomic E-state index is 12.7. The van der Waals surface area contributed by atoms with Gasteiger partial charge in [0.25, 0.3) is 0 Å². The monoisotopic (exact) mass is 534 g/mol. The third kappa shape index (κ3) is 6.45. The van der Waals surface area contributed by atoms with Crippen LogP contribution in [0.2, 0.25) is 0 Å². The topological polar surface area (TPSA) is 166 Å². The molecule has 7 atom stereocenters. The third-order valence-electron chi connectivity index (χ3n) is 9.66. The lowest BCUT2D eigenvalue weighted by molar-refractivity contribution is -0.156. The molecule has 0 radical (unpaired) electrons. The average molecular weight is 535 g/mol. The van der Waals surface area contributed by atoms with Crippen molar-refractivity contribution >= 4 is 29.4 Å². The highest BCUT2D eigenvalue weighted by atomic mass is 16.6. The van der Waals surface area contributed by atoms with Crippen LogP contribution in [0.1, 0.15) is 72.1 Å². The minimum absolute atomic E-state index is 0.131. The Labute approximate surface area is 224 Å². The predicted octanol–water partition coefficient (Wildman–Crippen LogP) is 3.43. The van der Waals surface area contributed by atoms with Crippen molar-refractivity contribution in [1.29, 1.82) is 0 Å². The van der Waals surface area contributed by atoms with Gasteiger partial charge in [-0.15, -0.1) is 0 Å². The van der Waals surface area contributed by atoms with Gasteiger partial charge in [-0.25, -0.2) is 9.59 Å². The number of ether oxygens (including phenoxy) is 1. The number of hydrogen-bond acceptors (Lipinski definition) is 8. The van der Waals surface area contributed by atoms with Crippen LogP contribution in [0.25, 0.3) is 0 Å². The molecule has 0 aromatic carbocycles. The summed E-state index contributed by atoms with van der Waals surface area (Å²) in [5, 5.41) is 20.0. The smallest absolute Gasteiger partial charge is 0.328 e. The van der Waals surface area contributed by atoms with Crippen LogP contribution in [0.3, 0.4) is 0 Å². The number of esters is 1. The van der Waals surface area contributed by atoms with Gasteiger partial charge in [-0.3, -0.25) is 9.59 Å². The van der Waals surface area contributed by atoms with E-state index >= 15 is 0 Å². The molecule has 10 nitrogen and oxygen atoms in total. The second kappa shape index (κ2) is 12.4. The number of carbonyl (C=O) groups excluding carboxylic acids is 2. The molecule has 0 saturated heterocycles. The van der Waals surface area contributed by atoms with Crippen LogP contribution in [0.4, 0.5) is 0 Å². The molecule has 38 heavy (non-hydrogen) atoms. The van der Waals surface area contributed by atoms with E-state index in [1.807, 2.05) is 0 Å². The van der Waals surface area contributed by atoms with Gasteiger partial charge in [0, 0.05) is 37.5 Å². The van der Waals surface area contributed by atoms with Crippen molar-refractivity contribution in [3.8, 4) is 0 Å². The lowest BCUT2D eigenvalue weighted by atomic mass is 9.43. The minimum atomic E-state index is -1.26. The fraction of sp³-hybridized carbons (Fsp3) is 0.750. The van der Waals surface area contributed by atoms with Crippen molar-refractivity contribution in [2.45, 2.75) is 72.1 Å². The lowest BCUT2D eigenvalue weighted by Gasteiger charge is -2.61. The Morgan fingerprint density at radius 3 is 2.34 bits per heavy atom. The van der Waals surface area contributed by atoms with E-state index in [9.17, 15) is 19.2 Å². The number of carboxylic acids is 2. The number of aliphatic carboxylic acids is 2. The number of Topliss-reactive ketones (excluding diaryl/α,β-unsaturated/α-hetero) is 1. The number of carbonyl (C=O) groups is 4. The Kier molecular flexibility index (Phi) is 9.73. The maximum absolute atomic E-state index is 12.7. The fourth-order valence-corrected chi connectivity index (χ4v) is 7.90. The zero-order chi connectivity index (χ0) is 28.1. The van der Waals surface area contributed by atoms with Gasteiger partial charge in [0.1, 0.15) is 12.4 Å². The summed E-state index contributed by atoms with van der Waals surface area (Å²) in [4.78, 5) is 48.8. The van der Waals surface area contributed by atoms with Gasteiger partial charge in [0.05, 0.1) is 12.3 Å². The largest absolute Gasteiger partial charge is 0.478 e. The summed E-state index contributed by atoms with van der Waals surface area (Å²) in [6.07, 6.45) is 9.11. The van der Waals surface area contributed by atoms with Crippen LogP contribution in [0.15, 0.2) is 17.3 Å². The van der Waals surface area contributed by atoms with Crippen molar-refractivity contribution in [3.05, 3.63) is 12.2 Å². The summed E-state index contributed by atoms with van der Waals surface area (Å²) in [5.74, 6) is 0.204. The van der Waals surface area contributed by atoms with Crippen LogP contribution in [0.5, 0.6) is 0 Å². The van der Waals surface area contributed by atoms with Crippen LogP contribution in [0, 0.1) is 40.4 Å². The number of ketones is 1. The quantitative estimate of drug-likeness (QED) is 0.192. The van der Waals surface area contributed by atoms with E-state index in [0.717, 1.165) is 57.1 Å². The summed E-state index contributed by atoms with van der Waals surface area (Å²) >= 11 is 0. The van der Waals surface area contributed by atoms with E-state index < -0.39 is 11.9 Å². The molecule has 0 amide bonds. The van der Waals surface area contributed by atoms with Gasteiger partial charge in [0.2, 0.25) is 0 Å². The summed E-state index contributed by atoms with van der Waals surface area (Å²) in [6.45, 7) is 7.57. The molecule has 4 rings (SSSR count). The van der Waals surface area contributed by atoms with Crippen molar-refractivity contribution in [1.82, 2.24) is 0 Å². The zero-order valence-corrected chi connectivity index (χ0v) is 22.7. The molecule has 1 unspecified atom stereocenters. The first-order valence-electron chi connectivity index (χ1n) is 13.6. The number of fused-ring (bicyclic) bond motifs is 5. The third-order valence-corrected chi connectivity index (χ3v) is 9.66. The second-order valence-electron chi connectivity index (χ2n) is 11.7. The van der Waals surface area contributed by atoms with Crippen LogP contribution < -0.4 is 5.73 Å². The van der Waals surface area contributed by atoms with Gasteiger partial charge in [-0.05, 0) is 80.0 Å². The molecule has 0 heterocycles. The highest BCUT2D eigenvalue weighted by molar-refractivity contribution is 5.89. The lowest BCUT2D eigenvalue weighted by Crippen LogP contribution is -2.57. The maximum Gasteiger partial charge on any atom is 0.328 e. The standard InChI is InChI=1S/C24H38N2O4.C4H4O4/c1-15(27)29-14-16-12-18-19-4-5-22(28)24(19,3)9-7-20(18)23(2)8-6-17(13-21(16)23)26-30-11-10-25;5-3(6)1-2-4(7)8/h16,18-21H,4-14,25H2,1-3H3;1-2H,(H,5,6)(H,7,8)/b26-17-;2-1+/t16-,18+,19+,20+,21?,23-,24+;/m1./s1. The molecular formula is C28H42N2O8. The van der Waals surface area contributed by atoms with Crippen molar-refractivity contribution < 1.29 is 39.0 Å². The first kappa shape index (κ1) is 29.8. The summed E-state index contributed by atoms with van der Waals surface area (Å²) in [5.41, 5.74) is 6.72. The Hall–Kier alpha value is -2.75. The normalized spacial score (nSPS) is 36.9. The van der Waals surface area contributed by atoms with Crippen molar-refractivity contribution in [2.24, 2.45) is 51.3 Å². The average Bonchev–Trinajstić information content (AvgIpc) is 3.16.